The first-order chi connectivity index (χ1) is 14.2. The maximum Gasteiger partial charge on any atom is 0.170 e. The molecule has 0 aliphatic carbocycles. The molecule has 6 heteroatoms. The number of anilines is 1. The van der Waals surface area contributed by atoms with E-state index in [0.29, 0.717) is 6.54 Å². The number of hydrogen-bond donors (Lipinski definition) is 0. The van der Waals surface area contributed by atoms with Gasteiger partial charge < -0.3 is 9.42 Å². The molecule has 2 aromatic heterocycles. The highest BCUT2D eigenvalue weighted by atomic mass is 19.1. The molecule has 0 amide bonds. The Balaban J connectivity index is 1.36. The summed E-state index contributed by atoms with van der Waals surface area (Å²) in [6.45, 7) is 3.47. The van der Waals surface area contributed by atoms with Crippen LogP contribution in [0.5, 0.6) is 0 Å². The second kappa shape index (κ2) is 7.13. The number of rotatable bonds is 3. The molecule has 0 radical (unpaired) electrons. The van der Waals surface area contributed by atoms with Crippen LogP contribution in [0.25, 0.3) is 22.6 Å². The van der Waals surface area contributed by atoms with E-state index in [9.17, 15) is 4.39 Å². The first kappa shape index (κ1) is 17.6. The molecule has 144 valence electrons. The number of benzene rings is 2. The molecule has 1 aliphatic heterocycles. The summed E-state index contributed by atoms with van der Waals surface area (Å²) in [5, 5.41) is 13.1. The van der Waals surface area contributed by atoms with Crippen molar-refractivity contribution in [1.82, 2.24) is 15.4 Å². The Hall–Kier alpha value is -3.54. The minimum atomic E-state index is -0.263. The lowest BCUT2D eigenvalue weighted by atomic mass is 10.0. The molecule has 4 aromatic rings. The molecule has 0 saturated carbocycles. The minimum Gasteiger partial charge on any atom is -0.356 e. The third-order valence-corrected chi connectivity index (χ3v) is 5.27. The van der Waals surface area contributed by atoms with E-state index in [0.717, 1.165) is 52.6 Å². The number of nitrogens with zero attached hydrogens (tertiary/aromatic N) is 4. The second-order valence-electron chi connectivity index (χ2n) is 7.26. The van der Waals surface area contributed by atoms with Gasteiger partial charge >= 0.3 is 0 Å². The van der Waals surface area contributed by atoms with Gasteiger partial charge in [0.15, 0.2) is 11.6 Å². The first-order valence-electron chi connectivity index (χ1n) is 9.56. The van der Waals surface area contributed by atoms with Crippen LogP contribution in [0.4, 0.5) is 10.2 Å². The fourth-order valence-electron chi connectivity index (χ4n) is 3.63. The van der Waals surface area contributed by atoms with Crippen LogP contribution in [0.3, 0.4) is 0 Å². The Labute approximate surface area is 167 Å². The summed E-state index contributed by atoms with van der Waals surface area (Å²) in [6.07, 6.45) is 0.785. The zero-order chi connectivity index (χ0) is 19.8. The molecule has 0 saturated heterocycles. The van der Waals surface area contributed by atoms with Gasteiger partial charge in [-0.3, -0.25) is 0 Å². The van der Waals surface area contributed by atoms with Crippen molar-refractivity contribution >= 4 is 5.82 Å². The molecular weight excluding hydrogens is 367 g/mol. The molecule has 0 atom stereocenters. The first-order valence-corrected chi connectivity index (χ1v) is 9.56. The van der Waals surface area contributed by atoms with Crippen molar-refractivity contribution in [2.24, 2.45) is 0 Å². The van der Waals surface area contributed by atoms with Crippen LogP contribution in [0.2, 0.25) is 0 Å². The molecule has 2 aromatic carbocycles. The predicted molar refractivity (Wildman–Crippen MR) is 109 cm³/mol. The normalized spacial score (nSPS) is 13.4. The maximum absolute atomic E-state index is 13.2. The number of fused-ring (bicyclic) bond motifs is 1. The summed E-state index contributed by atoms with van der Waals surface area (Å²) in [5.74, 6) is 1.28. The molecule has 5 nitrogen and oxygen atoms in total. The van der Waals surface area contributed by atoms with Crippen molar-refractivity contribution in [2.45, 2.75) is 19.9 Å². The lowest BCUT2D eigenvalue weighted by Crippen LogP contribution is -2.31. The average molecular weight is 386 g/mol. The SMILES string of the molecule is Cc1ccc(-c2ccc(N3CCc4c(noc4-c4ccc(F)cc4)C3)nn2)cc1. The monoisotopic (exact) mass is 386 g/mol. The van der Waals surface area contributed by atoms with Gasteiger partial charge in [0.1, 0.15) is 11.5 Å². The molecular formula is C23H19FN4O. The Morgan fingerprint density at radius 1 is 0.897 bits per heavy atom. The third kappa shape index (κ3) is 3.38. The van der Waals surface area contributed by atoms with Gasteiger partial charge in [0, 0.05) is 23.2 Å². The van der Waals surface area contributed by atoms with Crippen molar-refractivity contribution in [3.8, 4) is 22.6 Å². The van der Waals surface area contributed by atoms with Gasteiger partial charge in [-0.25, -0.2) is 4.39 Å². The Bertz CT molecular complexity index is 1140. The van der Waals surface area contributed by atoms with E-state index in [1.54, 1.807) is 12.1 Å². The zero-order valence-corrected chi connectivity index (χ0v) is 16.0. The van der Waals surface area contributed by atoms with Gasteiger partial charge in [0.05, 0.1) is 12.2 Å². The summed E-state index contributed by atoms with van der Waals surface area (Å²) < 4.78 is 18.8. The largest absolute Gasteiger partial charge is 0.356 e. The van der Waals surface area contributed by atoms with Crippen LogP contribution in [0, 0.1) is 12.7 Å². The number of hydrogen-bond acceptors (Lipinski definition) is 5. The second-order valence-corrected chi connectivity index (χ2v) is 7.26. The number of aromatic nitrogens is 3. The van der Waals surface area contributed by atoms with E-state index in [4.69, 9.17) is 4.52 Å². The standard InChI is InChI=1S/C23H19FN4O/c1-15-2-4-16(5-3-15)20-10-11-22(26-25-20)28-13-12-19-21(14-28)27-29-23(19)17-6-8-18(24)9-7-17/h2-11H,12-14H2,1H3. The van der Waals surface area contributed by atoms with Crippen molar-refractivity contribution in [1.29, 1.82) is 0 Å². The molecule has 5 rings (SSSR count). The predicted octanol–water partition coefficient (Wildman–Crippen LogP) is 4.81. The molecule has 29 heavy (non-hydrogen) atoms. The van der Waals surface area contributed by atoms with Gasteiger partial charge in [-0.15, -0.1) is 10.2 Å². The van der Waals surface area contributed by atoms with Crippen LogP contribution < -0.4 is 4.90 Å². The van der Waals surface area contributed by atoms with Crippen LogP contribution in [0.1, 0.15) is 16.8 Å². The highest BCUT2D eigenvalue weighted by Crippen LogP contribution is 2.31. The van der Waals surface area contributed by atoms with E-state index in [1.807, 2.05) is 12.1 Å². The van der Waals surface area contributed by atoms with E-state index >= 15 is 0 Å². The van der Waals surface area contributed by atoms with E-state index < -0.39 is 0 Å². The van der Waals surface area contributed by atoms with Crippen LogP contribution in [0.15, 0.2) is 65.2 Å². The van der Waals surface area contributed by atoms with Gasteiger partial charge in [-0.2, -0.15) is 0 Å². The third-order valence-electron chi connectivity index (χ3n) is 5.27. The Morgan fingerprint density at radius 2 is 1.66 bits per heavy atom. The highest BCUT2D eigenvalue weighted by molar-refractivity contribution is 5.64. The fourth-order valence-corrected chi connectivity index (χ4v) is 3.63. The maximum atomic E-state index is 13.2. The highest BCUT2D eigenvalue weighted by Gasteiger charge is 2.25. The number of aryl methyl sites for hydroxylation is 1. The van der Waals surface area contributed by atoms with Gasteiger partial charge in [-0.05, 0) is 49.7 Å². The lowest BCUT2D eigenvalue weighted by molar-refractivity contribution is 0.423. The van der Waals surface area contributed by atoms with Gasteiger partial charge in [0.2, 0.25) is 0 Å². The topological polar surface area (TPSA) is 55.1 Å². The quantitative estimate of drug-likeness (QED) is 0.506. The summed E-state index contributed by atoms with van der Waals surface area (Å²) in [5.41, 5.74) is 5.94. The molecule has 0 bridgehead atoms. The van der Waals surface area contributed by atoms with Crippen LogP contribution in [-0.2, 0) is 13.0 Å². The van der Waals surface area contributed by atoms with Crippen molar-refractivity contribution < 1.29 is 8.91 Å². The molecule has 0 fully saturated rings. The average Bonchev–Trinajstić information content (AvgIpc) is 3.18. The molecule has 0 spiro atoms. The van der Waals surface area contributed by atoms with Crippen molar-refractivity contribution in [3.05, 3.63) is 83.3 Å². The summed E-state index contributed by atoms with van der Waals surface area (Å²) >= 11 is 0. The lowest BCUT2D eigenvalue weighted by Gasteiger charge is -2.26. The molecule has 1 aliphatic rings. The fraction of sp³-hybridized carbons (Fsp3) is 0.174. The van der Waals surface area contributed by atoms with E-state index in [-0.39, 0.29) is 5.82 Å². The van der Waals surface area contributed by atoms with Crippen molar-refractivity contribution in [3.63, 3.8) is 0 Å². The minimum absolute atomic E-state index is 0.263. The molecule has 0 N–H and O–H groups in total. The molecule has 3 heterocycles. The summed E-state index contributed by atoms with van der Waals surface area (Å²) in [7, 11) is 0. The number of halogens is 1. The van der Waals surface area contributed by atoms with Crippen molar-refractivity contribution in [2.75, 3.05) is 11.4 Å². The van der Waals surface area contributed by atoms with Crippen LogP contribution in [-0.4, -0.2) is 21.9 Å². The smallest absolute Gasteiger partial charge is 0.170 e. The van der Waals surface area contributed by atoms with Crippen LogP contribution >= 0.6 is 0 Å². The molecule has 0 unspecified atom stereocenters. The van der Waals surface area contributed by atoms with Gasteiger partial charge in [0.25, 0.3) is 0 Å². The summed E-state index contributed by atoms with van der Waals surface area (Å²) in [4.78, 5) is 2.14. The Morgan fingerprint density at radius 3 is 2.38 bits per heavy atom. The van der Waals surface area contributed by atoms with Gasteiger partial charge in [-0.1, -0.05) is 35.0 Å². The Kier molecular flexibility index (Phi) is 4.31. The van der Waals surface area contributed by atoms with E-state index in [2.05, 4.69) is 51.4 Å². The summed E-state index contributed by atoms with van der Waals surface area (Å²) in [6, 6.07) is 18.5. The van der Waals surface area contributed by atoms with E-state index in [1.165, 1.54) is 17.7 Å². The zero-order valence-electron chi connectivity index (χ0n) is 16.0.